The summed E-state index contributed by atoms with van der Waals surface area (Å²) in [4.78, 5) is 4.61. The van der Waals surface area contributed by atoms with Crippen molar-refractivity contribution in [1.29, 1.82) is 5.26 Å². The van der Waals surface area contributed by atoms with Crippen molar-refractivity contribution in [2.75, 3.05) is 0 Å². The van der Waals surface area contributed by atoms with Crippen LogP contribution in [0.1, 0.15) is 27.7 Å². The predicted molar refractivity (Wildman–Crippen MR) is 95.9 cm³/mol. The van der Waals surface area contributed by atoms with E-state index < -0.39 is 8.07 Å². The SMILES string of the molecule is [2H]c1cc(-c2cc(CC(C)C)c([Si](C)(C)C)cn2)cc([2H])c1C#N. The molecule has 0 aliphatic heterocycles. The highest BCUT2D eigenvalue weighted by Crippen LogP contribution is 2.21. The van der Waals surface area contributed by atoms with E-state index in [1.54, 1.807) is 12.1 Å². The van der Waals surface area contributed by atoms with Gasteiger partial charge in [0.15, 0.2) is 0 Å². The third kappa shape index (κ3) is 3.83. The number of rotatable bonds is 4. The van der Waals surface area contributed by atoms with Gasteiger partial charge in [-0.3, -0.25) is 4.98 Å². The van der Waals surface area contributed by atoms with Crippen LogP contribution in [-0.2, 0) is 6.42 Å². The summed E-state index contributed by atoms with van der Waals surface area (Å²) in [5.41, 5.74) is 2.94. The smallest absolute Gasteiger partial charge is 0.0991 e. The van der Waals surface area contributed by atoms with Crippen molar-refractivity contribution in [3.8, 4) is 17.3 Å². The Labute approximate surface area is 137 Å². The minimum Gasteiger partial charge on any atom is -0.256 e. The molecule has 22 heavy (non-hydrogen) atoms. The van der Waals surface area contributed by atoms with Gasteiger partial charge in [-0.25, -0.2) is 0 Å². The second kappa shape index (κ2) is 6.45. The van der Waals surface area contributed by atoms with E-state index in [0.717, 1.165) is 17.7 Å². The molecule has 2 nitrogen and oxygen atoms in total. The van der Waals surface area contributed by atoms with Crippen LogP contribution in [0.15, 0.2) is 36.5 Å². The van der Waals surface area contributed by atoms with Crippen LogP contribution in [0.4, 0.5) is 0 Å². The number of hydrogen-bond donors (Lipinski definition) is 0. The maximum absolute atomic E-state index is 9.03. The normalized spacial score (nSPS) is 12.8. The van der Waals surface area contributed by atoms with Gasteiger partial charge in [-0.15, -0.1) is 0 Å². The predicted octanol–water partition coefficient (Wildman–Crippen LogP) is 4.36. The molecule has 1 aromatic heterocycles. The van der Waals surface area contributed by atoms with Crippen LogP contribution < -0.4 is 5.19 Å². The molecule has 3 heteroatoms. The first-order valence-electron chi connectivity index (χ1n) is 8.64. The molecule has 0 aliphatic carbocycles. The first-order chi connectivity index (χ1) is 11.1. The molecular weight excluding hydrogens is 284 g/mol. The molecular formula is C19H24N2Si. The Hall–Kier alpha value is -1.92. The highest BCUT2D eigenvalue weighted by molar-refractivity contribution is 6.89. The fourth-order valence-electron chi connectivity index (χ4n) is 2.53. The van der Waals surface area contributed by atoms with E-state index in [-0.39, 0.29) is 17.6 Å². The summed E-state index contributed by atoms with van der Waals surface area (Å²) < 4.78 is 15.9. The maximum atomic E-state index is 9.03. The first-order valence-corrected chi connectivity index (χ1v) is 11.1. The quantitative estimate of drug-likeness (QED) is 0.787. The topological polar surface area (TPSA) is 36.7 Å². The van der Waals surface area contributed by atoms with Gasteiger partial charge in [-0.05, 0) is 41.2 Å². The molecule has 0 saturated carbocycles. The fourth-order valence-corrected chi connectivity index (χ4v) is 4.12. The summed E-state index contributed by atoms with van der Waals surface area (Å²) in [5.74, 6) is 0.551. The number of benzene rings is 1. The van der Waals surface area contributed by atoms with Crippen LogP contribution in [0.3, 0.4) is 0 Å². The average Bonchev–Trinajstić information content (AvgIpc) is 2.45. The molecule has 1 heterocycles. The fraction of sp³-hybridized carbons (Fsp3) is 0.368. The Morgan fingerprint density at radius 2 is 1.91 bits per heavy atom. The Morgan fingerprint density at radius 3 is 2.41 bits per heavy atom. The highest BCUT2D eigenvalue weighted by atomic mass is 28.3. The summed E-state index contributed by atoms with van der Waals surface area (Å²) in [5, 5.41) is 10.4. The van der Waals surface area contributed by atoms with Gasteiger partial charge in [-0.1, -0.05) is 45.6 Å². The maximum Gasteiger partial charge on any atom is 0.0991 e. The van der Waals surface area contributed by atoms with E-state index in [2.05, 4.69) is 44.5 Å². The summed E-state index contributed by atoms with van der Waals surface area (Å²) in [6.45, 7) is 11.4. The zero-order chi connectivity index (χ0) is 18.1. The number of nitriles is 1. The molecule has 2 aromatic rings. The third-order valence-electron chi connectivity index (χ3n) is 3.58. The summed E-state index contributed by atoms with van der Waals surface area (Å²) in [6.07, 6.45) is 2.97. The molecule has 0 fully saturated rings. The molecule has 0 saturated heterocycles. The molecule has 0 atom stereocenters. The highest BCUT2D eigenvalue weighted by Gasteiger charge is 2.21. The second-order valence-electron chi connectivity index (χ2n) is 7.09. The van der Waals surface area contributed by atoms with Gasteiger partial charge < -0.3 is 0 Å². The van der Waals surface area contributed by atoms with Crippen LogP contribution in [0.25, 0.3) is 11.3 Å². The number of aromatic nitrogens is 1. The first kappa shape index (κ1) is 13.7. The molecule has 0 unspecified atom stereocenters. The average molecular weight is 311 g/mol. The largest absolute Gasteiger partial charge is 0.256 e. The van der Waals surface area contributed by atoms with Gasteiger partial charge in [0.1, 0.15) is 0 Å². The van der Waals surface area contributed by atoms with Crippen LogP contribution in [-0.4, -0.2) is 13.1 Å². The molecule has 0 radical (unpaired) electrons. The van der Waals surface area contributed by atoms with Crippen molar-refractivity contribution in [3.63, 3.8) is 0 Å². The summed E-state index contributed by atoms with van der Waals surface area (Å²) >= 11 is 0. The van der Waals surface area contributed by atoms with Crippen LogP contribution in [0, 0.1) is 17.2 Å². The standard InChI is InChI=1S/C19H24N2Si/c1-14(2)10-17-11-18(21-13-19(17)22(3,4)5)16-8-6-15(12-20)7-9-16/h6-9,11,13-14H,10H2,1-5H3/i6D,7D. The van der Waals surface area contributed by atoms with Crippen LogP contribution in [0.2, 0.25) is 19.6 Å². The van der Waals surface area contributed by atoms with E-state index in [1.807, 2.05) is 12.3 Å². The molecule has 114 valence electrons. The van der Waals surface area contributed by atoms with Crippen molar-refractivity contribution in [2.45, 2.75) is 39.9 Å². The molecule has 0 amide bonds. The van der Waals surface area contributed by atoms with Gasteiger partial charge in [-0.2, -0.15) is 5.26 Å². The van der Waals surface area contributed by atoms with Crippen molar-refractivity contribution in [2.24, 2.45) is 5.92 Å². The molecule has 2 rings (SSSR count). The lowest BCUT2D eigenvalue weighted by atomic mass is 10.0. The van der Waals surface area contributed by atoms with Crippen molar-refractivity contribution >= 4 is 13.3 Å². The van der Waals surface area contributed by atoms with E-state index in [4.69, 9.17) is 8.00 Å². The Bertz CT molecular complexity index is 779. The van der Waals surface area contributed by atoms with Crippen molar-refractivity contribution in [3.05, 3.63) is 47.6 Å². The summed E-state index contributed by atoms with van der Waals surface area (Å²) in [6, 6.07) is 7.46. The Balaban J connectivity index is 2.59. The Morgan fingerprint density at radius 1 is 1.27 bits per heavy atom. The van der Waals surface area contributed by atoms with Gasteiger partial charge in [0.2, 0.25) is 0 Å². The minimum absolute atomic E-state index is 0.0847. The lowest BCUT2D eigenvalue weighted by molar-refractivity contribution is 0.649. The van der Waals surface area contributed by atoms with Gasteiger partial charge in [0, 0.05) is 11.8 Å². The zero-order valence-corrected chi connectivity index (χ0v) is 15.0. The number of pyridine rings is 1. The summed E-state index contributed by atoms with van der Waals surface area (Å²) in [7, 11) is -1.48. The van der Waals surface area contributed by atoms with Gasteiger partial charge in [0.05, 0.1) is 28.1 Å². The lowest BCUT2D eigenvalue weighted by Crippen LogP contribution is -2.40. The van der Waals surface area contributed by atoms with Crippen molar-refractivity contribution < 1.29 is 2.74 Å². The van der Waals surface area contributed by atoms with E-state index >= 15 is 0 Å². The molecule has 0 spiro atoms. The minimum atomic E-state index is -1.48. The van der Waals surface area contributed by atoms with Crippen LogP contribution >= 0.6 is 0 Å². The molecule has 0 bridgehead atoms. The van der Waals surface area contributed by atoms with E-state index in [0.29, 0.717) is 5.92 Å². The monoisotopic (exact) mass is 310 g/mol. The second-order valence-corrected chi connectivity index (χ2v) is 12.1. The zero-order valence-electron chi connectivity index (χ0n) is 16.0. The number of nitrogens with zero attached hydrogens (tertiary/aromatic N) is 2. The number of hydrogen-bond acceptors (Lipinski definition) is 2. The molecule has 0 aliphatic rings. The van der Waals surface area contributed by atoms with Crippen molar-refractivity contribution in [1.82, 2.24) is 4.98 Å². The van der Waals surface area contributed by atoms with Gasteiger partial charge >= 0.3 is 0 Å². The van der Waals surface area contributed by atoms with E-state index in [9.17, 15) is 0 Å². The molecule has 0 N–H and O–H groups in total. The third-order valence-corrected chi connectivity index (χ3v) is 5.64. The van der Waals surface area contributed by atoms with Crippen LogP contribution in [0.5, 0.6) is 0 Å². The molecule has 1 aromatic carbocycles. The van der Waals surface area contributed by atoms with E-state index in [1.165, 1.54) is 10.8 Å². The van der Waals surface area contributed by atoms with Gasteiger partial charge in [0.25, 0.3) is 0 Å². The Kier molecular flexibility index (Phi) is 4.03. The lowest BCUT2D eigenvalue weighted by Gasteiger charge is -2.22.